The lowest BCUT2D eigenvalue weighted by atomic mass is 10.2. The van der Waals surface area contributed by atoms with E-state index in [0.29, 0.717) is 24.1 Å². The number of thioether (sulfide) groups is 1. The van der Waals surface area contributed by atoms with Crippen LogP contribution in [0.15, 0.2) is 88.5 Å². The number of piperazine rings is 1. The Labute approximate surface area is 213 Å². The predicted octanol–water partition coefficient (Wildman–Crippen LogP) is 4.66. The van der Waals surface area contributed by atoms with Gasteiger partial charge in [-0.25, -0.2) is 9.97 Å². The molecule has 182 valence electrons. The van der Waals surface area contributed by atoms with Crippen molar-refractivity contribution in [2.24, 2.45) is 0 Å². The van der Waals surface area contributed by atoms with Crippen molar-refractivity contribution in [1.29, 1.82) is 0 Å². The molecule has 0 bridgehead atoms. The van der Waals surface area contributed by atoms with E-state index in [0.717, 1.165) is 54.1 Å². The van der Waals surface area contributed by atoms with Gasteiger partial charge in [0.15, 0.2) is 5.58 Å². The van der Waals surface area contributed by atoms with E-state index in [4.69, 9.17) is 9.40 Å². The lowest BCUT2D eigenvalue weighted by molar-refractivity contribution is -0.130. The Morgan fingerprint density at radius 2 is 1.53 bits per heavy atom. The Balaban J connectivity index is 1.08. The lowest BCUT2D eigenvalue weighted by Crippen LogP contribution is -2.49. The number of nitrogens with zero attached hydrogens (tertiary/aromatic N) is 5. The van der Waals surface area contributed by atoms with E-state index in [-0.39, 0.29) is 5.91 Å². The highest BCUT2D eigenvalue weighted by molar-refractivity contribution is 7.99. The highest BCUT2D eigenvalue weighted by Crippen LogP contribution is 2.24. The quantitative estimate of drug-likeness (QED) is 0.305. The Kier molecular flexibility index (Phi) is 6.44. The van der Waals surface area contributed by atoms with Crippen LogP contribution in [0.4, 0.5) is 0 Å². The third-order valence-electron chi connectivity index (χ3n) is 6.60. The van der Waals surface area contributed by atoms with Crippen LogP contribution >= 0.6 is 11.8 Å². The first-order valence-electron chi connectivity index (χ1n) is 12.2. The molecule has 1 aliphatic rings. The largest absolute Gasteiger partial charge is 0.431 e. The van der Waals surface area contributed by atoms with Crippen molar-refractivity contribution >= 4 is 39.8 Å². The number of rotatable bonds is 7. The summed E-state index contributed by atoms with van der Waals surface area (Å²) >= 11 is 1.36. The van der Waals surface area contributed by atoms with Gasteiger partial charge in [-0.2, -0.15) is 0 Å². The molecule has 1 amide bonds. The van der Waals surface area contributed by atoms with Gasteiger partial charge in [-0.3, -0.25) is 9.69 Å². The maximum atomic E-state index is 12.8. The Hall–Kier alpha value is -3.62. The van der Waals surface area contributed by atoms with E-state index in [1.807, 2.05) is 41.3 Å². The zero-order valence-electron chi connectivity index (χ0n) is 19.9. The zero-order valence-corrected chi connectivity index (χ0v) is 20.7. The highest BCUT2D eigenvalue weighted by Gasteiger charge is 2.23. The number of carbonyl (C=O) groups excluding carboxylic acids is 1. The van der Waals surface area contributed by atoms with E-state index in [1.165, 1.54) is 17.3 Å². The van der Waals surface area contributed by atoms with Crippen molar-refractivity contribution in [1.82, 2.24) is 24.3 Å². The van der Waals surface area contributed by atoms with Gasteiger partial charge < -0.3 is 13.9 Å². The van der Waals surface area contributed by atoms with Crippen molar-refractivity contribution in [3.05, 3.63) is 90.3 Å². The Morgan fingerprint density at radius 1 is 0.806 bits per heavy atom. The zero-order chi connectivity index (χ0) is 24.3. The van der Waals surface area contributed by atoms with Crippen LogP contribution in [0, 0.1) is 0 Å². The molecule has 1 saturated heterocycles. The number of aromatic nitrogens is 3. The number of amides is 1. The molecule has 2 aromatic heterocycles. The number of fused-ring (bicyclic) bond motifs is 2. The number of oxazole rings is 1. The summed E-state index contributed by atoms with van der Waals surface area (Å²) in [6.07, 6.45) is 0. The van der Waals surface area contributed by atoms with Crippen LogP contribution < -0.4 is 0 Å². The second kappa shape index (κ2) is 10.2. The molecule has 0 spiro atoms. The van der Waals surface area contributed by atoms with Crippen LogP contribution in [-0.2, 0) is 17.9 Å². The fourth-order valence-electron chi connectivity index (χ4n) is 4.67. The smallest absolute Gasteiger partial charge is 0.257 e. The van der Waals surface area contributed by atoms with Gasteiger partial charge in [0.2, 0.25) is 5.91 Å². The average Bonchev–Trinajstić information content (AvgIpc) is 3.49. The molecule has 6 rings (SSSR count). The molecule has 0 unspecified atom stereocenters. The van der Waals surface area contributed by atoms with Gasteiger partial charge in [-0.15, -0.1) is 0 Å². The second-order valence-corrected chi connectivity index (χ2v) is 9.91. The summed E-state index contributed by atoms with van der Waals surface area (Å²) in [5, 5.41) is 0.542. The highest BCUT2D eigenvalue weighted by atomic mass is 32.2. The maximum Gasteiger partial charge on any atom is 0.257 e. The van der Waals surface area contributed by atoms with Crippen LogP contribution in [0.25, 0.3) is 22.1 Å². The summed E-state index contributed by atoms with van der Waals surface area (Å²) in [6.45, 7) is 4.64. The normalized spacial score (nSPS) is 14.6. The molecule has 0 radical (unpaired) electrons. The molecular weight excluding hydrogens is 470 g/mol. The van der Waals surface area contributed by atoms with Crippen molar-refractivity contribution in [3.8, 4) is 0 Å². The number of hydrogen-bond acceptors (Lipinski definition) is 6. The molecule has 3 heterocycles. The summed E-state index contributed by atoms with van der Waals surface area (Å²) in [5.74, 6) is 1.52. The number of imidazole rings is 1. The van der Waals surface area contributed by atoms with Crippen molar-refractivity contribution in [2.75, 3.05) is 31.9 Å². The monoisotopic (exact) mass is 497 g/mol. The summed E-state index contributed by atoms with van der Waals surface area (Å²) < 4.78 is 8.05. The van der Waals surface area contributed by atoms with Crippen LogP contribution in [-0.4, -0.2) is 62.2 Å². The van der Waals surface area contributed by atoms with Gasteiger partial charge in [-0.1, -0.05) is 66.4 Å². The molecular formula is C28H27N5O2S. The molecule has 36 heavy (non-hydrogen) atoms. The fraction of sp³-hybridized carbons (Fsp3) is 0.250. The first-order chi connectivity index (χ1) is 17.7. The average molecular weight is 498 g/mol. The standard InChI is InChI=1S/C28H27N5O2S/c34-27(20-36-28-30-23-11-5-7-13-25(23)35-28)32-16-14-31(15-17-32)19-26-29-22-10-4-6-12-24(22)33(26)18-21-8-2-1-3-9-21/h1-13H,14-20H2. The first-order valence-corrected chi connectivity index (χ1v) is 13.2. The minimum atomic E-state index is 0.123. The summed E-state index contributed by atoms with van der Waals surface area (Å²) in [4.78, 5) is 26.6. The van der Waals surface area contributed by atoms with Gasteiger partial charge in [-0.05, 0) is 29.8 Å². The van der Waals surface area contributed by atoms with Crippen molar-refractivity contribution in [2.45, 2.75) is 18.3 Å². The first kappa shape index (κ1) is 22.8. The van der Waals surface area contributed by atoms with Gasteiger partial charge >= 0.3 is 0 Å². The van der Waals surface area contributed by atoms with Crippen LogP contribution in [0.1, 0.15) is 11.4 Å². The minimum absolute atomic E-state index is 0.123. The molecule has 0 aliphatic carbocycles. The van der Waals surface area contributed by atoms with Gasteiger partial charge in [0.05, 0.1) is 23.3 Å². The fourth-order valence-corrected chi connectivity index (χ4v) is 5.41. The van der Waals surface area contributed by atoms with Gasteiger partial charge in [0, 0.05) is 32.7 Å². The van der Waals surface area contributed by atoms with E-state index in [1.54, 1.807) is 0 Å². The summed E-state index contributed by atoms with van der Waals surface area (Å²) in [6, 6.07) is 26.5. The van der Waals surface area contributed by atoms with Crippen LogP contribution in [0.5, 0.6) is 0 Å². The summed E-state index contributed by atoms with van der Waals surface area (Å²) in [5.41, 5.74) is 5.00. The molecule has 0 atom stereocenters. The number of benzene rings is 3. The molecule has 8 heteroatoms. The van der Waals surface area contributed by atoms with E-state index >= 15 is 0 Å². The molecule has 7 nitrogen and oxygen atoms in total. The van der Waals surface area contributed by atoms with Crippen molar-refractivity contribution in [3.63, 3.8) is 0 Å². The van der Waals surface area contributed by atoms with E-state index < -0.39 is 0 Å². The molecule has 0 N–H and O–H groups in total. The van der Waals surface area contributed by atoms with Crippen molar-refractivity contribution < 1.29 is 9.21 Å². The third kappa shape index (κ3) is 4.87. The summed E-state index contributed by atoms with van der Waals surface area (Å²) in [7, 11) is 0. The Morgan fingerprint density at radius 3 is 2.33 bits per heavy atom. The van der Waals surface area contributed by atoms with Gasteiger partial charge in [0.1, 0.15) is 11.3 Å². The predicted molar refractivity (Wildman–Crippen MR) is 142 cm³/mol. The number of carbonyl (C=O) groups is 1. The Bertz CT molecular complexity index is 1450. The minimum Gasteiger partial charge on any atom is -0.431 e. The second-order valence-electron chi connectivity index (χ2n) is 8.98. The topological polar surface area (TPSA) is 67.4 Å². The number of hydrogen-bond donors (Lipinski definition) is 0. The molecule has 1 fully saturated rings. The maximum absolute atomic E-state index is 12.8. The van der Waals surface area contributed by atoms with Crippen LogP contribution in [0.2, 0.25) is 0 Å². The molecule has 0 saturated carbocycles. The molecule has 1 aliphatic heterocycles. The lowest BCUT2D eigenvalue weighted by Gasteiger charge is -2.34. The van der Waals surface area contributed by atoms with E-state index in [9.17, 15) is 4.79 Å². The van der Waals surface area contributed by atoms with E-state index in [2.05, 4.69) is 56.9 Å². The number of para-hydroxylation sites is 4. The van der Waals surface area contributed by atoms with Crippen LogP contribution in [0.3, 0.4) is 0 Å². The molecule has 5 aromatic rings. The SMILES string of the molecule is O=C(CSc1nc2ccccc2o1)N1CCN(Cc2nc3ccccc3n2Cc2ccccc2)CC1. The molecule has 3 aromatic carbocycles. The van der Waals surface area contributed by atoms with Gasteiger partial charge in [0.25, 0.3) is 5.22 Å². The third-order valence-corrected chi connectivity index (χ3v) is 7.41.